The molecule has 1 aromatic heterocycles. The highest BCUT2D eigenvalue weighted by Crippen LogP contribution is 2.31. The highest BCUT2D eigenvalue weighted by atomic mass is 16.3. The number of carbonyl (C=O) groups is 2. The van der Waals surface area contributed by atoms with E-state index in [4.69, 9.17) is 0 Å². The number of hydrogen-bond acceptors (Lipinski definition) is 5. The molecule has 1 atom stereocenters. The van der Waals surface area contributed by atoms with Crippen molar-refractivity contribution in [3.63, 3.8) is 0 Å². The van der Waals surface area contributed by atoms with Crippen LogP contribution in [0.15, 0.2) is 17.4 Å². The normalized spacial score (nSPS) is 13.9. The van der Waals surface area contributed by atoms with Crippen LogP contribution in [-0.4, -0.2) is 17.6 Å². The molecule has 0 spiro atoms. The van der Waals surface area contributed by atoms with Crippen molar-refractivity contribution in [3.05, 3.63) is 28.4 Å². The lowest BCUT2D eigenvalue weighted by Gasteiger charge is -2.20. The van der Waals surface area contributed by atoms with Crippen molar-refractivity contribution < 1.29 is 9.59 Å². The monoisotopic (exact) mass is 220 g/mol. The van der Waals surface area contributed by atoms with Gasteiger partial charge in [0.25, 0.3) is 0 Å². The zero-order valence-electron chi connectivity index (χ0n) is 9.14. The van der Waals surface area contributed by atoms with E-state index in [-0.39, 0.29) is 17.8 Å². The maximum atomic E-state index is 11.0. The molecule has 16 heavy (non-hydrogen) atoms. The Kier molecular flexibility index (Phi) is 3.60. The lowest BCUT2D eigenvalue weighted by molar-refractivity contribution is -0.116. The maximum absolute atomic E-state index is 11.0. The first-order valence-corrected chi connectivity index (χ1v) is 4.78. The van der Waals surface area contributed by atoms with Gasteiger partial charge in [-0.2, -0.15) is 0 Å². The number of nitroso groups, excluding NO2 is 1. The van der Waals surface area contributed by atoms with Crippen LogP contribution in [0.3, 0.4) is 0 Å². The van der Waals surface area contributed by atoms with E-state index in [1.165, 1.54) is 6.20 Å². The Hall–Kier alpha value is -1.91. The topological polar surface area (TPSA) is 76.5 Å². The largest absolute Gasteiger partial charge is 0.303 e. The lowest BCUT2D eigenvalue weighted by atomic mass is 9.84. The van der Waals surface area contributed by atoms with Crippen molar-refractivity contribution in [2.45, 2.75) is 25.7 Å². The highest BCUT2D eigenvalue weighted by Gasteiger charge is 2.30. The molecule has 5 nitrogen and oxygen atoms in total. The Labute approximate surface area is 92.9 Å². The summed E-state index contributed by atoms with van der Waals surface area (Å²) in [5.41, 5.74) is 0.0444. The van der Waals surface area contributed by atoms with Crippen LogP contribution < -0.4 is 0 Å². The third-order valence-electron chi connectivity index (χ3n) is 2.41. The van der Waals surface area contributed by atoms with Crippen molar-refractivity contribution in [1.82, 2.24) is 4.98 Å². The van der Waals surface area contributed by atoms with Gasteiger partial charge >= 0.3 is 0 Å². The number of carbonyl (C=O) groups excluding carboxylic acids is 2. The van der Waals surface area contributed by atoms with Gasteiger partial charge < -0.3 is 9.59 Å². The molecule has 0 bridgehead atoms. The van der Waals surface area contributed by atoms with E-state index in [0.29, 0.717) is 12.6 Å². The Morgan fingerprint density at radius 3 is 2.69 bits per heavy atom. The molecule has 0 fully saturated rings. The van der Waals surface area contributed by atoms with Gasteiger partial charge in [0.15, 0.2) is 0 Å². The molecule has 0 aliphatic rings. The number of pyridine rings is 1. The molecule has 1 unspecified atom stereocenters. The van der Waals surface area contributed by atoms with E-state index in [1.54, 1.807) is 19.9 Å². The Balaban J connectivity index is 3.34. The Morgan fingerprint density at radius 2 is 2.19 bits per heavy atom. The van der Waals surface area contributed by atoms with E-state index < -0.39 is 5.41 Å². The average Bonchev–Trinajstić information content (AvgIpc) is 2.28. The van der Waals surface area contributed by atoms with Crippen molar-refractivity contribution in [2.75, 3.05) is 0 Å². The summed E-state index contributed by atoms with van der Waals surface area (Å²) in [6.07, 6.45) is 2.77. The lowest BCUT2D eigenvalue weighted by Crippen LogP contribution is -2.26. The average molecular weight is 220 g/mol. The number of aryl methyl sites for hydroxylation is 1. The van der Waals surface area contributed by atoms with E-state index in [2.05, 4.69) is 10.2 Å². The fourth-order valence-corrected chi connectivity index (χ4v) is 1.44. The van der Waals surface area contributed by atoms with Crippen LogP contribution in [0.5, 0.6) is 0 Å². The standard InChI is InChI=1S/C11H12N2O3/c1-8-5-9(13-16)10(12-6-8)11(2,7-15)3-4-14/h4-7H,3H2,1-2H3. The predicted octanol–water partition coefficient (Wildman–Crippen LogP) is 1.83. The molecule has 1 rings (SSSR count). The summed E-state index contributed by atoms with van der Waals surface area (Å²) < 4.78 is 0. The van der Waals surface area contributed by atoms with Crippen LogP contribution in [-0.2, 0) is 15.0 Å². The second-order valence-corrected chi connectivity index (χ2v) is 3.88. The van der Waals surface area contributed by atoms with Crippen molar-refractivity contribution >= 4 is 18.3 Å². The van der Waals surface area contributed by atoms with Crippen LogP contribution in [0.1, 0.15) is 24.6 Å². The first-order valence-electron chi connectivity index (χ1n) is 4.78. The zero-order valence-corrected chi connectivity index (χ0v) is 9.14. The van der Waals surface area contributed by atoms with Crippen LogP contribution in [0.2, 0.25) is 0 Å². The number of aldehydes is 2. The van der Waals surface area contributed by atoms with Gasteiger partial charge in [-0.25, -0.2) is 0 Å². The molecule has 1 heterocycles. The molecule has 0 N–H and O–H groups in total. The summed E-state index contributed by atoms with van der Waals surface area (Å²) >= 11 is 0. The van der Waals surface area contributed by atoms with Gasteiger partial charge in [0.05, 0.1) is 11.1 Å². The molecule has 1 aromatic rings. The van der Waals surface area contributed by atoms with Crippen LogP contribution in [0.4, 0.5) is 5.69 Å². The number of hydrogen-bond donors (Lipinski definition) is 0. The fourth-order valence-electron chi connectivity index (χ4n) is 1.44. The summed E-state index contributed by atoms with van der Waals surface area (Å²) in [7, 11) is 0. The summed E-state index contributed by atoms with van der Waals surface area (Å²) in [5.74, 6) is 0. The van der Waals surface area contributed by atoms with Crippen molar-refractivity contribution in [3.8, 4) is 0 Å². The van der Waals surface area contributed by atoms with Gasteiger partial charge in [-0.1, -0.05) is 0 Å². The van der Waals surface area contributed by atoms with Crippen molar-refractivity contribution in [1.29, 1.82) is 0 Å². The maximum Gasteiger partial charge on any atom is 0.132 e. The van der Waals surface area contributed by atoms with Gasteiger partial charge in [-0.3, -0.25) is 4.98 Å². The molecular formula is C11H12N2O3. The van der Waals surface area contributed by atoms with E-state index in [0.717, 1.165) is 5.56 Å². The minimum absolute atomic E-state index is 0.0188. The number of nitrogens with zero attached hydrogens (tertiary/aromatic N) is 2. The first kappa shape index (κ1) is 12.2. The Morgan fingerprint density at radius 1 is 1.50 bits per heavy atom. The van der Waals surface area contributed by atoms with E-state index >= 15 is 0 Å². The predicted molar refractivity (Wildman–Crippen MR) is 58.5 cm³/mol. The molecule has 0 saturated carbocycles. The smallest absolute Gasteiger partial charge is 0.132 e. The molecular weight excluding hydrogens is 208 g/mol. The Bertz CT molecular complexity index is 431. The fraction of sp³-hybridized carbons (Fsp3) is 0.364. The van der Waals surface area contributed by atoms with Gasteiger partial charge in [0.1, 0.15) is 18.3 Å². The van der Waals surface area contributed by atoms with Gasteiger partial charge in [0, 0.05) is 12.6 Å². The third-order valence-corrected chi connectivity index (χ3v) is 2.41. The second-order valence-electron chi connectivity index (χ2n) is 3.88. The van der Waals surface area contributed by atoms with E-state index in [1.807, 2.05) is 0 Å². The first-order chi connectivity index (χ1) is 7.57. The molecule has 0 aliphatic heterocycles. The molecule has 0 amide bonds. The number of aromatic nitrogens is 1. The van der Waals surface area contributed by atoms with Crippen LogP contribution in [0, 0.1) is 11.8 Å². The molecule has 0 aliphatic carbocycles. The third kappa shape index (κ3) is 2.18. The van der Waals surface area contributed by atoms with Crippen LogP contribution in [0.25, 0.3) is 0 Å². The quantitative estimate of drug-likeness (QED) is 0.560. The highest BCUT2D eigenvalue weighted by molar-refractivity contribution is 5.75. The van der Waals surface area contributed by atoms with Gasteiger partial charge in [-0.15, -0.1) is 4.91 Å². The molecule has 5 heteroatoms. The van der Waals surface area contributed by atoms with Crippen molar-refractivity contribution in [2.24, 2.45) is 5.18 Å². The summed E-state index contributed by atoms with van der Waals surface area (Å²) in [6, 6.07) is 1.54. The SMILES string of the molecule is Cc1cnc(C(C)(C=O)CC=O)c(N=O)c1. The van der Waals surface area contributed by atoms with Crippen LogP contribution >= 0.6 is 0 Å². The minimum atomic E-state index is -1.08. The molecule has 0 aromatic carbocycles. The van der Waals surface area contributed by atoms with E-state index in [9.17, 15) is 14.5 Å². The number of rotatable bonds is 5. The summed E-state index contributed by atoms with van der Waals surface area (Å²) in [4.78, 5) is 36.2. The second kappa shape index (κ2) is 4.74. The summed E-state index contributed by atoms with van der Waals surface area (Å²) in [6.45, 7) is 3.32. The zero-order chi connectivity index (χ0) is 12.2. The molecule has 0 saturated heterocycles. The minimum Gasteiger partial charge on any atom is -0.303 e. The molecule has 84 valence electrons. The summed E-state index contributed by atoms with van der Waals surface area (Å²) in [5, 5.41) is 2.84. The van der Waals surface area contributed by atoms with Gasteiger partial charge in [-0.05, 0) is 30.7 Å². The van der Waals surface area contributed by atoms with Gasteiger partial charge in [0.2, 0.25) is 0 Å². The molecule has 0 radical (unpaired) electrons.